The first-order chi connectivity index (χ1) is 40.1. The molecule has 0 fully saturated rings. The normalized spacial score (nSPS) is 16.1. The van der Waals surface area contributed by atoms with Crippen molar-refractivity contribution in [1.82, 2.24) is 0 Å². The number of rotatable bonds is 8. The maximum absolute atomic E-state index is 11.4. The monoisotopic (exact) mass is 1720 g/mol. The standard InChI is InChI=1S/C15H20O2S.C14H17BrO2S.C14H17O2S.C7H10Br2.C7H5BrO2S.C7H5O2S.3CH4.2ClH.2Zn/c1-11-9-15(2,3)10-14(11)12-5-7-13(8-6-12)18(4,16)17;1-14(2)8-12(13(15)9-14)10-4-6-11(7-5-10)18(3,16)17;1-14(2)9-8-12(10-14)11-4-6-13(7-5-11)17(3,15)16;1-7(2)3-5(8)6(9)4-7;8-7-3-1-6(2-4-7)5-11(9)10;8-10(9)6-7-4-2-1-3-5-7;;;;;;;/h5-8H,9-10H2,1-4H3;4-7H,8-9H2,1-3H3;4-7H,9-10H2,1-3H3;3-4H2,1-2H3;1-5H;2-6H;3*1H4;2*1H;;/q;;-1;;;-1;;;;;;2*+2/p-2. The Morgan fingerprint density at radius 1 is 0.433 bits per heavy atom. The van der Waals surface area contributed by atoms with Crippen LogP contribution in [-0.4, -0.2) is 71.6 Å². The molecule has 23 heteroatoms. The van der Waals surface area contributed by atoms with Crippen LogP contribution in [0.1, 0.15) is 164 Å². The maximum atomic E-state index is 11.4. The van der Waals surface area contributed by atoms with Crippen molar-refractivity contribution in [3.05, 3.63) is 185 Å². The fourth-order valence-electron chi connectivity index (χ4n) is 9.49. The van der Waals surface area contributed by atoms with E-state index in [-0.39, 0.29) is 33.1 Å². The molecule has 10 nitrogen and oxygen atoms in total. The molecule has 5 aromatic carbocycles. The molecule has 4 aliphatic rings. The van der Waals surface area contributed by atoms with Gasteiger partial charge in [-0.25, -0.2) is 30.8 Å². The molecule has 0 spiro atoms. The summed E-state index contributed by atoms with van der Waals surface area (Å²) in [5.74, 6) is 0. The van der Waals surface area contributed by atoms with Gasteiger partial charge in [-0.15, -0.1) is 24.1 Å². The summed E-state index contributed by atoms with van der Waals surface area (Å²) in [5, 5.41) is 2.31. The molecule has 0 unspecified atom stereocenters. The van der Waals surface area contributed by atoms with Crippen LogP contribution in [0.25, 0.3) is 16.7 Å². The molecule has 0 aliphatic heterocycles. The third-order valence-corrected chi connectivity index (χ3v) is 21.2. The molecule has 0 N–H and O–H groups in total. The SMILES string of the molecule is C.C.C.CC1(C)CC(Br)=C(Br)C1.CC1(C)CC(Br)=C(c2ccc(S(C)(=O)=O)cc2)C1.CC1(C)C[C-]=C(c2ccc(S(C)(=O)=O)cc2)C1.CC1=C(c2ccc(S(C)(=O)=O)cc2)CC(C)(C)C1.O=S(=O)=Cc1cc[c-]cc1.O=S(=O)=Cc1ccc(Br)cc1.[Cl][Zn+].[Cl][Zn+]. The van der Waals surface area contributed by atoms with Crippen molar-refractivity contribution in [2.75, 3.05) is 18.8 Å². The molecule has 0 radical (unpaired) electrons. The molecule has 0 aromatic heterocycles. The summed E-state index contributed by atoms with van der Waals surface area (Å²) >= 11 is 15.6. The third kappa shape index (κ3) is 33.1. The Balaban J connectivity index is 0. The van der Waals surface area contributed by atoms with Crippen LogP contribution in [0.3, 0.4) is 0 Å². The summed E-state index contributed by atoms with van der Waals surface area (Å²) in [6.07, 6.45) is 15.7. The van der Waals surface area contributed by atoms with Crippen molar-refractivity contribution in [3.8, 4) is 0 Å². The Kier molecular flexibility index (Phi) is 40.6. The van der Waals surface area contributed by atoms with Crippen molar-refractivity contribution in [2.24, 2.45) is 21.7 Å². The van der Waals surface area contributed by atoms with Gasteiger partial charge in [-0.3, -0.25) is 6.08 Å². The Morgan fingerprint density at radius 2 is 0.756 bits per heavy atom. The van der Waals surface area contributed by atoms with Crippen molar-refractivity contribution in [3.63, 3.8) is 0 Å². The Hall–Kier alpha value is -1.96. The van der Waals surface area contributed by atoms with E-state index in [2.05, 4.69) is 138 Å². The van der Waals surface area contributed by atoms with Crippen molar-refractivity contribution in [1.29, 1.82) is 0 Å². The van der Waals surface area contributed by atoms with Gasteiger partial charge in [0.15, 0.2) is 29.5 Å². The van der Waals surface area contributed by atoms with Gasteiger partial charge in [0.05, 0.1) is 20.1 Å². The fraction of sp³-hybridized carbons (Fsp3) is 0.403. The predicted octanol–water partition coefficient (Wildman–Crippen LogP) is 19.9. The van der Waals surface area contributed by atoms with Gasteiger partial charge >= 0.3 is 54.0 Å². The molecule has 90 heavy (non-hydrogen) atoms. The van der Waals surface area contributed by atoms with Crippen LogP contribution in [-0.2, 0) is 84.7 Å². The van der Waals surface area contributed by atoms with Gasteiger partial charge in [-0.2, -0.15) is 52.7 Å². The van der Waals surface area contributed by atoms with Crippen LogP contribution in [0.15, 0.2) is 160 Å². The third-order valence-electron chi connectivity index (χ3n) is 13.5. The summed E-state index contributed by atoms with van der Waals surface area (Å²) in [6, 6.07) is 38.0. The second-order valence-corrected chi connectivity index (χ2v) is 35.6. The van der Waals surface area contributed by atoms with Gasteiger partial charge in [-0.1, -0.05) is 202 Å². The summed E-state index contributed by atoms with van der Waals surface area (Å²) in [5.41, 5.74) is 11.4. The van der Waals surface area contributed by atoms with Crippen molar-refractivity contribution < 1.29 is 76.7 Å². The molecule has 0 atom stereocenters. The molecule has 4 aliphatic carbocycles. The summed E-state index contributed by atoms with van der Waals surface area (Å²) in [4.78, 5) is 1.14. The molecule has 0 saturated carbocycles. The molecule has 0 heterocycles. The second-order valence-electron chi connectivity index (χ2n) is 24.2. The molecule has 5 aromatic rings. The molecule has 490 valence electrons. The van der Waals surface area contributed by atoms with Crippen LogP contribution in [0.4, 0.5) is 0 Å². The summed E-state index contributed by atoms with van der Waals surface area (Å²) in [6.45, 7) is 20.2. The minimum atomic E-state index is -3.11. The molecule has 9 rings (SSSR count). The van der Waals surface area contributed by atoms with Gasteiger partial charge in [-0.05, 0) is 136 Å². The molecular formula is C67H86Br4Cl2O10S5Zn2. The summed E-state index contributed by atoms with van der Waals surface area (Å²) < 4.78 is 114. The minimum absolute atomic E-state index is 0. The zero-order valence-corrected chi connectivity index (χ0v) is 69.0. The van der Waals surface area contributed by atoms with E-state index in [4.69, 9.17) is 19.4 Å². The number of halogens is 6. The van der Waals surface area contributed by atoms with Gasteiger partial charge in [0, 0.05) is 37.6 Å². The van der Waals surface area contributed by atoms with E-state index in [0.29, 0.717) is 36.6 Å². The van der Waals surface area contributed by atoms with E-state index in [1.165, 1.54) is 67.3 Å². The number of hydrogen-bond acceptors (Lipinski definition) is 10. The van der Waals surface area contributed by atoms with Gasteiger partial charge in [0.25, 0.3) is 0 Å². The van der Waals surface area contributed by atoms with Crippen LogP contribution < -0.4 is 0 Å². The number of sulfone groups is 3. The van der Waals surface area contributed by atoms with Crippen molar-refractivity contribution in [2.45, 2.75) is 151 Å². The van der Waals surface area contributed by atoms with Crippen LogP contribution >= 0.6 is 83.1 Å². The van der Waals surface area contributed by atoms with Crippen molar-refractivity contribution >= 4 is 161 Å². The van der Waals surface area contributed by atoms with Gasteiger partial charge in [0.2, 0.25) is 20.6 Å². The van der Waals surface area contributed by atoms with Gasteiger partial charge in [0.1, 0.15) is 0 Å². The molecule has 0 bridgehead atoms. The van der Waals surface area contributed by atoms with E-state index in [1.807, 2.05) is 36.4 Å². The van der Waals surface area contributed by atoms with Crippen LogP contribution in [0.5, 0.6) is 0 Å². The van der Waals surface area contributed by atoms with Gasteiger partial charge < -0.3 is 0 Å². The molecular weight excluding hydrogens is 1650 g/mol. The Morgan fingerprint density at radius 3 is 1.04 bits per heavy atom. The zero-order chi connectivity index (χ0) is 66.5. The Labute approximate surface area is 606 Å². The predicted molar refractivity (Wildman–Crippen MR) is 390 cm³/mol. The van der Waals surface area contributed by atoms with E-state index in [0.717, 1.165) is 105 Å². The average molecular weight is 1730 g/mol. The van der Waals surface area contributed by atoms with E-state index >= 15 is 0 Å². The topological polar surface area (TPSA) is 171 Å². The second kappa shape index (κ2) is 40.6. The number of allylic oxidation sites excluding steroid dienone is 8. The first kappa shape index (κ1) is 90.1. The number of benzene rings is 5. The van der Waals surface area contributed by atoms with Crippen LogP contribution in [0.2, 0.25) is 0 Å². The summed E-state index contributed by atoms with van der Waals surface area (Å²) in [7, 11) is -3.99. The van der Waals surface area contributed by atoms with E-state index in [1.54, 1.807) is 84.9 Å². The fourth-order valence-corrected chi connectivity index (χ4v) is 15.3. The number of hydrogen-bond donors (Lipinski definition) is 0. The quantitative estimate of drug-likeness (QED) is 0.0827. The first-order valence-corrected chi connectivity index (χ1v) is 45.8. The Bertz CT molecular complexity index is 3760. The first-order valence-electron chi connectivity index (χ1n) is 26.9. The van der Waals surface area contributed by atoms with Crippen LogP contribution in [0, 0.1) is 33.8 Å². The average Bonchev–Trinajstić information content (AvgIpc) is 1.80. The van der Waals surface area contributed by atoms with E-state index in [9.17, 15) is 42.1 Å². The molecule has 0 amide bonds. The van der Waals surface area contributed by atoms with E-state index < -0.39 is 50.1 Å². The molecule has 0 saturated heterocycles. The zero-order valence-electron chi connectivity index (χ0n) is 51.2.